The highest BCUT2D eigenvalue weighted by Gasteiger charge is 2.20. The number of aryl methyl sites for hydroxylation is 1. The number of ether oxygens (including phenoxy) is 1. The molecule has 1 aromatic carbocycles. The summed E-state index contributed by atoms with van der Waals surface area (Å²) in [6.07, 6.45) is 8.76. The minimum absolute atomic E-state index is 0.314. The molecule has 0 aliphatic heterocycles. The molecule has 0 aromatic heterocycles. The molecule has 0 bridgehead atoms. The van der Waals surface area contributed by atoms with Crippen molar-refractivity contribution in [3.63, 3.8) is 0 Å². The number of hydrogen-bond acceptors (Lipinski definition) is 2. The van der Waals surface area contributed by atoms with Crippen molar-refractivity contribution in [2.24, 2.45) is 11.7 Å². The van der Waals surface area contributed by atoms with Gasteiger partial charge in [-0.1, -0.05) is 38.3 Å². The molecule has 0 heterocycles. The zero-order valence-corrected chi connectivity index (χ0v) is 12.1. The molecule has 2 heteroatoms. The number of benzene rings is 1. The summed E-state index contributed by atoms with van der Waals surface area (Å²) in [5.74, 6) is 1.70. The highest BCUT2D eigenvalue weighted by Crippen LogP contribution is 2.26. The van der Waals surface area contributed by atoms with E-state index < -0.39 is 0 Å². The van der Waals surface area contributed by atoms with E-state index in [-0.39, 0.29) is 0 Å². The molecule has 1 fully saturated rings. The molecule has 1 unspecified atom stereocenters. The topological polar surface area (TPSA) is 35.2 Å². The molecular formula is C17H27NO. The molecule has 1 atom stereocenters. The highest BCUT2D eigenvalue weighted by atomic mass is 16.5. The molecular weight excluding hydrogens is 234 g/mol. The van der Waals surface area contributed by atoms with E-state index >= 15 is 0 Å². The van der Waals surface area contributed by atoms with Gasteiger partial charge in [0.2, 0.25) is 0 Å². The number of nitrogens with two attached hydrogens (primary N) is 1. The van der Waals surface area contributed by atoms with E-state index in [0.29, 0.717) is 6.04 Å². The van der Waals surface area contributed by atoms with Crippen molar-refractivity contribution in [3.8, 4) is 5.75 Å². The molecule has 0 spiro atoms. The van der Waals surface area contributed by atoms with Gasteiger partial charge in [0, 0.05) is 6.04 Å². The maximum absolute atomic E-state index is 6.29. The van der Waals surface area contributed by atoms with Crippen LogP contribution < -0.4 is 10.5 Å². The fourth-order valence-corrected chi connectivity index (χ4v) is 2.97. The zero-order valence-electron chi connectivity index (χ0n) is 12.1. The fraction of sp³-hybridized carbons (Fsp3) is 0.647. The summed E-state index contributed by atoms with van der Waals surface area (Å²) in [6.45, 7) is 2.91. The second-order valence-electron chi connectivity index (χ2n) is 5.70. The van der Waals surface area contributed by atoms with Gasteiger partial charge in [0.05, 0.1) is 6.61 Å². The standard InChI is InChI=1S/C17H27NO/c1-2-14-7-6-10-16(13-14)19-12-11-17(18)15-8-4-3-5-9-15/h6-7,10,13,15,17H,2-5,8-9,11-12,18H2,1H3. The van der Waals surface area contributed by atoms with Crippen molar-refractivity contribution in [2.75, 3.05) is 6.61 Å². The van der Waals surface area contributed by atoms with Crippen LogP contribution in [0.4, 0.5) is 0 Å². The molecule has 0 radical (unpaired) electrons. The average Bonchev–Trinajstić information content (AvgIpc) is 2.48. The summed E-state index contributed by atoms with van der Waals surface area (Å²) in [7, 11) is 0. The Labute approximate surface area is 117 Å². The molecule has 1 saturated carbocycles. The maximum atomic E-state index is 6.29. The van der Waals surface area contributed by atoms with Gasteiger partial charge in [-0.3, -0.25) is 0 Å². The van der Waals surface area contributed by atoms with Crippen molar-refractivity contribution in [2.45, 2.75) is 57.9 Å². The van der Waals surface area contributed by atoms with Gasteiger partial charge in [0.1, 0.15) is 5.75 Å². The van der Waals surface area contributed by atoms with Gasteiger partial charge in [-0.15, -0.1) is 0 Å². The van der Waals surface area contributed by atoms with Gasteiger partial charge in [0.15, 0.2) is 0 Å². The van der Waals surface area contributed by atoms with Crippen LogP contribution in [0.25, 0.3) is 0 Å². The summed E-state index contributed by atoms with van der Waals surface area (Å²) in [6, 6.07) is 8.68. The molecule has 1 aliphatic rings. The molecule has 2 N–H and O–H groups in total. The van der Waals surface area contributed by atoms with Gasteiger partial charge in [-0.25, -0.2) is 0 Å². The summed E-state index contributed by atoms with van der Waals surface area (Å²) in [5.41, 5.74) is 7.62. The first-order valence-electron chi connectivity index (χ1n) is 7.77. The highest BCUT2D eigenvalue weighted by molar-refractivity contribution is 5.28. The Hall–Kier alpha value is -1.02. The minimum Gasteiger partial charge on any atom is -0.494 e. The van der Waals surface area contributed by atoms with Crippen LogP contribution in [0.3, 0.4) is 0 Å². The predicted molar refractivity (Wildman–Crippen MR) is 80.5 cm³/mol. The van der Waals surface area contributed by atoms with Crippen LogP contribution in [-0.2, 0) is 6.42 Å². The van der Waals surface area contributed by atoms with Gasteiger partial charge in [-0.2, -0.15) is 0 Å². The van der Waals surface area contributed by atoms with Crippen molar-refractivity contribution >= 4 is 0 Å². The quantitative estimate of drug-likeness (QED) is 0.842. The second-order valence-corrected chi connectivity index (χ2v) is 5.70. The van der Waals surface area contributed by atoms with Gasteiger partial charge >= 0.3 is 0 Å². The van der Waals surface area contributed by atoms with Crippen LogP contribution in [0.5, 0.6) is 5.75 Å². The lowest BCUT2D eigenvalue weighted by molar-refractivity contribution is 0.243. The summed E-state index contributed by atoms with van der Waals surface area (Å²) in [4.78, 5) is 0. The van der Waals surface area contributed by atoms with E-state index in [2.05, 4.69) is 25.1 Å². The van der Waals surface area contributed by atoms with Gasteiger partial charge < -0.3 is 10.5 Å². The summed E-state index contributed by atoms with van der Waals surface area (Å²) in [5, 5.41) is 0. The second kappa shape index (κ2) is 7.54. The Morgan fingerprint density at radius 3 is 2.79 bits per heavy atom. The van der Waals surface area contributed by atoms with Crippen molar-refractivity contribution in [1.29, 1.82) is 0 Å². The number of rotatable bonds is 6. The molecule has 1 aromatic rings. The molecule has 0 saturated heterocycles. The first kappa shape index (κ1) is 14.4. The predicted octanol–water partition coefficient (Wildman–Crippen LogP) is 3.93. The molecule has 19 heavy (non-hydrogen) atoms. The average molecular weight is 261 g/mol. The molecule has 0 amide bonds. The van der Waals surface area contributed by atoms with Crippen LogP contribution >= 0.6 is 0 Å². The van der Waals surface area contributed by atoms with E-state index in [1.807, 2.05) is 6.07 Å². The van der Waals surface area contributed by atoms with E-state index in [0.717, 1.165) is 31.1 Å². The normalized spacial score (nSPS) is 18.2. The Morgan fingerprint density at radius 2 is 2.05 bits per heavy atom. The van der Waals surface area contributed by atoms with Crippen LogP contribution in [0.2, 0.25) is 0 Å². The maximum Gasteiger partial charge on any atom is 0.119 e. The zero-order chi connectivity index (χ0) is 13.5. The number of hydrogen-bond donors (Lipinski definition) is 1. The third kappa shape index (κ3) is 4.54. The largest absolute Gasteiger partial charge is 0.494 e. The van der Waals surface area contributed by atoms with Crippen LogP contribution in [0, 0.1) is 5.92 Å². The molecule has 1 aliphatic carbocycles. The Bertz CT molecular complexity index is 371. The summed E-state index contributed by atoms with van der Waals surface area (Å²) < 4.78 is 5.83. The monoisotopic (exact) mass is 261 g/mol. The first-order valence-corrected chi connectivity index (χ1v) is 7.77. The summed E-state index contributed by atoms with van der Waals surface area (Å²) >= 11 is 0. The van der Waals surface area contributed by atoms with E-state index in [1.54, 1.807) is 0 Å². The smallest absolute Gasteiger partial charge is 0.119 e. The molecule has 106 valence electrons. The SMILES string of the molecule is CCc1cccc(OCCC(N)C2CCCCC2)c1. The van der Waals surface area contributed by atoms with Crippen LogP contribution in [0.15, 0.2) is 24.3 Å². The van der Waals surface area contributed by atoms with Crippen LogP contribution in [0.1, 0.15) is 51.0 Å². The van der Waals surface area contributed by atoms with E-state index in [4.69, 9.17) is 10.5 Å². The molecule has 2 rings (SSSR count). The van der Waals surface area contributed by atoms with Crippen molar-refractivity contribution in [3.05, 3.63) is 29.8 Å². The Kier molecular flexibility index (Phi) is 5.71. The van der Waals surface area contributed by atoms with E-state index in [1.165, 1.54) is 37.7 Å². The lowest BCUT2D eigenvalue weighted by Crippen LogP contribution is -2.33. The Balaban J connectivity index is 1.72. The molecule has 2 nitrogen and oxygen atoms in total. The lowest BCUT2D eigenvalue weighted by atomic mass is 9.83. The van der Waals surface area contributed by atoms with Crippen molar-refractivity contribution < 1.29 is 4.74 Å². The third-order valence-corrected chi connectivity index (χ3v) is 4.28. The van der Waals surface area contributed by atoms with Crippen LogP contribution in [-0.4, -0.2) is 12.6 Å². The minimum atomic E-state index is 0.314. The first-order chi connectivity index (χ1) is 9.29. The Morgan fingerprint density at radius 1 is 1.26 bits per heavy atom. The van der Waals surface area contributed by atoms with E-state index in [9.17, 15) is 0 Å². The van der Waals surface area contributed by atoms with Gasteiger partial charge in [-0.05, 0) is 49.3 Å². The van der Waals surface area contributed by atoms with Crippen molar-refractivity contribution in [1.82, 2.24) is 0 Å². The van der Waals surface area contributed by atoms with Gasteiger partial charge in [0.25, 0.3) is 0 Å². The fourth-order valence-electron chi connectivity index (χ4n) is 2.97. The third-order valence-electron chi connectivity index (χ3n) is 4.28. The lowest BCUT2D eigenvalue weighted by Gasteiger charge is -2.27.